The number of carbonyl (C=O) groups excluding carboxylic acids is 1. The molecule has 0 N–H and O–H groups in total. The summed E-state index contributed by atoms with van der Waals surface area (Å²) >= 11 is 10.6. The summed E-state index contributed by atoms with van der Waals surface area (Å²) in [6.45, 7) is 1.64. The van der Waals surface area contributed by atoms with Gasteiger partial charge in [0.2, 0.25) is 0 Å². The minimum atomic E-state index is -2.70. The monoisotopic (exact) mass is 368 g/mol. The van der Waals surface area contributed by atoms with Gasteiger partial charge >= 0.3 is 10.0 Å². The maximum Gasteiger partial charge on any atom is 0.450 e. The fourth-order valence-electron chi connectivity index (χ4n) is 2.19. The fourth-order valence-corrected chi connectivity index (χ4v) is 2.94. The van der Waals surface area contributed by atoms with Crippen molar-refractivity contribution in [3.8, 4) is 5.75 Å². The third-order valence-electron chi connectivity index (χ3n) is 3.11. The van der Waals surface area contributed by atoms with Crippen LogP contribution >= 0.6 is 35.1 Å². The Morgan fingerprint density at radius 2 is 2.23 bits per heavy atom. The van der Waals surface area contributed by atoms with Gasteiger partial charge in [0.15, 0.2) is 0 Å². The highest BCUT2D eigenvalue weighted by atomic mass is 35.5. The molecule has 122 valence electrons. The van der Waals surface area contributed by atoms with Crippen LogP contribution in [0.3, 0.4) is 0 Å². The van der Waals surface area contributed by atoms with Crippen molar-refractivity contribution in [2.75, 3.05) is 20.7 Å². The van der Waals surface area contributed by atoms with Crippen molar-refractivity contribution in [3.63, 3.8) is 0 Å². The summed E-state index contributed by atoms with van der Waals surface area (Å²) in [7, 11) is 3.20. The van der Waals surface area contributed by atoms with E-state index in [0.29, 0.717) is 10.2 Å². The molecule has 0 fully saturated rings. The van der Waals surface area contributed by atoms with E-state index in [1.54, 1.807) is 12.1 Å². The molecule has 2 rings (SSSR count). The Balaban J connectivity index is 2.13. The highest BCUT2D eigenvalue weighted by molar-refractivity contribution is 8.01. The van der Waals surface area contributed by atoms with Gasteiger partial charge in [0.05, 0.1) is 19.1 Å². The lowest BCUT2D eigenvalue weighted by Gasteiger charge is -2.27. The topological polar surface area (TPSA) is 42.0 Å². The van der Waals surface area contributed by atoms with Crippen molar-refractivity contribution >= 4 is 41.2 Å². The fraction of sp³-hybridized carbons (Fsp3) is 0.462. The van der Waals surface area contributed by atoms with Crippen LogP contribution in [0, 0.1) is 0 Å². The summed E-state index contributed by atoms with van der Waals surface area (Å²) in [6.07, 6.45) is -0.156. The van der Waals surface area contributed by atoms with E-state index < -0.39 is 10.0 Å². The normalized spacial score (nSPS) is 15.3. The van der Waals surface area contributed by atoms with E-state index in [2.05, 4.69) is 4.90 Å². The highest BCUT2D eigenvalue weighted by Gasteiger charge is 2.33. The van der Waals surface area contributed by atoms with E-state index in [0.717, 1.165) is 30.6 Å². The molecule has 0 atom stereocenters. The van der Waals surface area contributed by atoms with Crippen molar-refractivity contribution < 1.29 is 18.8 Å². The van der Waals surface area contributed by atoms with Gasteiger partial charge in [-0.1, -0.05) is 35.3 Å². The molecule has 0 saturated carbocycles. The number of halogens is 3. The van der Waals surface area contributed by atoms with Crippen LogP contribution in [0.1, 0.15) is 11.1 Å². The molecule has 1 aromatic rings. The molecule has 0 radical (unpaired) electrons. The Morgan fingerprint density at radius 3 is 2.86 bits per heavy atom. The number of fused-ring (bicyclic) bond motifs is 1. The van der Waals surface area contributed by atoms with Crippen LogP contribution in [0.2, 0.25) is 0 Å². The van der Waals surface area contributed by atoms with Gasteiger partial charge in [0.1, 0.15) is 5.75 Å². The zero-order valence-electron chi connectivity index (χ0n) is 12.0. The molecule has 9 heteroatoms. The molecule has 0 aromatic heterocycles. The van der Waals surface area contributed by atoms with Gasteiger partial charge < -0.3 is 9.64 Å². The number of hydrogen-bond acceptors (Lipinski definition) is 5. The van der Waals surface area contributed by atoms with E-state index in [1.165, 1.54) is 7.11 Å². The number of likely N-dealkylation sites (N-methyl/N-ethyl adjacent to an activating group) is 1. The first-order chi connectivity index (χ1) is 10.3. The van der Waals surface area contributed by atoms with Crippen molar-refractivity contribution in [3.05, 3.63) is 29.3 Å². The number of carbonyl (C=O) groups is 1. The van der Waals surface area contributed by atoms with Crippen LogP contribution in [0.15, 0.2) is 18.2 Å². The van der Waals surface area contributed by atoms with Gasteiger partial charge in [-0.2, -0.15) is 4.39 Å². The molecular weight excluding hydrogens is 354 g/mol. The van der Waals surface area contributed by atoms with E-state index in [4.69, 9.17) is 32.8 Å². The summed E-state index contributed by atoms with van der Waals surface area (Å²) in [5.74, 6) is 0.423. The Kier molecular flexibility index (Phi) is 5.79. The van der Waals surface area contributed by atoms with Crippen LogP contribution in [0.4, 0.5) is 9.18 Å². The van der Waals surface area contributed by atoms with E-state index in [1.807, 2.05) is 13.1 Å². The molecule has 1 aromatic carbocycles. The van der Waals surface area contributed by atoms with Gasteiger partial charge in [0, 0.05) is 18.7 Å². The first-order valence-corrected chi connectivity index (χ1v) is 7.94. The second-order valence-electron chi connectivity index (χ2n) is 4.73. The summed E-state index contributed by atoms with van der Waals surface area (Å²) < 4.78 is 16.3. The van der Waals surface area contributed by atoms with Gasteiger partial charge in [-0.3, -0.25) is 4.84 Å². The first-order valence-electron chi connectivity index (χ1n) is 6.41. The summed E-state index contributed by atoms with van der Waals surface area (Å²) in [5, 5.41) is 0. The number of hydrogen-bond donors (Lipinski definition) is 0. The zero-order valence-corrected chi connectivity index (χ0v) is 14.3. The number of ether oxygens (including phenoxy) is 1. The van der Waals surface area contributed by atoms with Crippen molar-refractivity contribution in [1.82, 2.24) is 9.37 Å². The second kappa shape index (κ2) is 7.23. The second-order valence-corrected chi connectivity index (χ2v) is 7.49. The van der Waals surface area contributed by atoms with Crippen LogP contribution in [0.5, 0.6) is 5.75 Å². The summed E-state index contributed by atoms with van der Waals surface area (Å²) in [5.41, 5.74) is 2.04. The highest BCUT2D eigenvalue weighted by Crippen LogP contribution is 2.39. The van der Waals surface area contributed by atoms with Gasteiger partial charge in [-0.25, -0.2) is 4.79 Å². The summed E-state index contributed by atoms with van der Waals surface area (Å²) in [6, 6.07) is 5.47. The first kappa shape index (κ1) is 17.6. The average molecular weight is 369 g/mol. The lowest BCUT2D eigenvalue weighted by Crippen LogP contribution is -2.31. The molecule has 1 amide bonds. The van der Waals surface area contributed by atoms with Gasteiger partial charge in [-0.05, 0) is 25.1 Å². The minimum Gasteiger partial charge on any atom is -0.408 e. The standard InChI is InChI=1S/C13H15Cl2FN2O3S/c1-17-7-6-10-9(8-17)4-3-5-11(10)21-12(19)18(20-2)22-13(14,15)16/h3-5H,6-8H2,1-2H3. The number of amides is 1. The lowest BCUT2D eigenvalue weighted by molar-refractivity contribution is -0.0188. The number of hydroxylamine groups is 1. The van der Waals surface area contributed by atoms with Crippen molar-refractivity contribution in [1.29, 1.82) is 0 Å². The molecule has 0 aliphatic carbocycles. The number of rotatable bonds is 4. The van der Waals surface area contributed by atoms with Crippen LogP contribution in [0.25, 0.3) is 0 Å². The van der Waals surface area contributed by atoms with Gasteiger partial charge in [-0.15, -0.1) is 4.47 Å². The maximum absolute atomic E-state index is 13.2. The van der Waals surface area contributed by atoms with Crippen molar-refractivity contribution in [2.45, 2.75) is 16.9 Å². The molecule has 22 heavy (non-hydrogen) atoms. The smallest absolute Gasteiger partial charge is 0.408 e. The SMILES string of the molecule is CON(SC(F)(Cl)Cl)C(=O)Oc1cccc2c1CCN(C)C2. The molecule has 1 aliphatic heterocycles. The predicted octanol–water partition coefficient (Wildman–Crippen LogP) is 3.74. The molecular formula is C13H15Cl2FN2O3S. The van der Waals surface area contributed by atoms with Crippen LogP contribution in [-0.2, 0) is 17.8 Å². The minimum absolute atomic E-state index is 0.160. The third kappa shape index (κ3) is 4.63. The average Bonchev–Trinajstić information content (AvgIpc) is 2.43. The Bertz CT molecular complexity index is 557. The quantitative estimate of drug-likeness (QED) is 0.460. The Hall–Kier alpha value is -0.730. The van der Waals surface area contributed by atoms with E-state index in [-0.39, 0.29) is 11.9 Å². The molecule has 0 spiro atoms. The molecule has 0 bridgehead atoms. The summed E-state index contributed by atoms with van der Waals surface area (Å²) in [4.78, 5) is 18.9. The molecule has 1 aliphatic rings. The zero-order chi connectivity index (χ0) is 16.3. The number of benzene rings is 1. The maximum atomic E-state index is 13.2. The van der Waals surface area contributed by atoms with Gasteiger partial charge in [0.25, 0.3) is 0 Å². The van der Waals surface area contributed by atoms with Crippen LogP contribution in [-0.4, -0.2) is 40.1 Å². The van der Waals surface area contributed by atoms with Crippen molar-refractivity contribution in [2.24, 2.45) is 0 Å². The Morgan fingerprint density at radius 1 is 1.50 bits per heavy atom. The van der Waals surface area contributed by atoms with Crippen LogP contribution < -0.4 is 4.74 Å². The number of alkyl halides is 3. The molecule has 5 nitrogen and oxygen atoms in total. The number of nitrogens with zero attached hydrogens (tertiary/aromatic N) is 2. The lowest BCUT2D eigenvalue weighted by atomic mass is 9.99. The van der Waals surface area contributed by atoms with E-state index in [9.17, 15) is 9.18 Å². The third-order valence-corrected chi connectivity index (χ3v) is 4.20. The largest absolute Gasteiger partial charge is 0.450 e. The molecule has 0 saturated heterocycles. The molecule has 0 unspecified atom stereocenters. The molecule has 1 heterocycles. The predicted molar refractivity (Wildman–Crippen MR) is 84.5 cm³/mol. The van der Waals surface area contributed by atoms with E-state index >= 15 is 0 Å². The Labute approximate surface area is 142 Å².